The van der Waals surface area contributed by atoms with E-state index in [1.807, 2.05) is 18.2 Å². The van der Waals surface area contributed by atoms with Crippen molar-refractivity contribution >= 4 is 5.97 Å². The van der Waals surface area contributed by atoms with Crippen molar-refractivity contribution in [3.05, 3.63) is 30.3 Å². The Morgan fingerprint density at radius 2 is 1.71 bits per heavy atom. The largest absolute Gasteiger partial charge is 0.427 e. The number of hydrogen-bond donors (Lipinski definition) is 1. The zero-order chi connectivity index (χ0) is 15.3. The molecule has 0 fully saturated rings. The van der Waals surface area contributed by atoms with Crippen molar-refractivity contribution in [2.24, 2.45) is 0 Å². The summed E-state index contributed by atoms with van der Waals surface area (Å²) in [5, 5.41) is 9.86. The number of ether oxygens (including phenoxy) is 1. The van der Waals surface area contributed by atoms with Gasteiger partial charge in [0.2, 0.25) is 0 Å². The summed E-state index contributed by atoms with van der Waals surface area (Å²) in [7, 11) is 0. The standard InChI is InChI=1S/C18H28O3/c1-2-3-4-5-6-8-11-16(19)14-15-18(20)21-17-12-9-7-10-13-17/h7,9-10,12-13,16,19H,2-6,8,11,14-15H2,1H3. The Labute approximate surface area is 128 Å². The summed E-state index contributed by atoms with van der Waals surface area (Å²) in [6, 6.07) is 9.04. The molecule has 0 spiro atoms. The molecule has 3 nitrogen and oxygen atoms in total. The van der Waals surface area contributed by atoms with Crippen LogP contribution in [0.1, 0.15) is 64.7 Å². The Morgan fingerprint density at radius 3 is 2.43 bits per heavy atom. The van der Waals surface area contributed by atoms with Crippen LogP contribution in [-0.2, 0) is 4.79 Å². The van der Waals surface area contributed by atoms with Gasteiger partial charge in [-0.3, -0.25) is 4.79 Å². The predicted molar refractivity (Wildman–Crippen MR) is 85.3 cm³/mol. The van der Waals surface area contributed by atoms with Gasteiger partial charge < -0.3 is 9.84 Å². The highest BCUT2D eigenvalue weighted by Crippen LogP contribution is 2.13. The number of benzene rings is 1. The van der Waals surface area contributed by atoms with Crippen LogP contribution < -0.4 is 4.74 Å². The molecule has 118 valence electrons. The van der Waals surface area contributed by atoms with Crippen LogP contribution in [0.4, 0.5) is 0 Å². The minimum absolute atomic E-state index is 0.270. The number of rotatable bonds is 11. The average molecular weight is 292 g/mol. The van der Waals surface area contributed by atoms with E-state index in [2.05, 4.69) is 6.92 Å². The number of hydrogen-bond acceptors (Lipinski definition) is 3. The van der Waals surface area contributed by atoms with E-state index in [1.165, 1.54) is 32.1 Å². The van der Waals surface area contributed by atoms with Crippen molar-refractivity contribution in [2.75, 3.05) is 0 Å². The van der Waals surface area contributed by atoms with Gasteiger partial charge in [0.25, 0.3) is 0 Å². The first kappa shape index (κ1) is 17.7. The summed E-state index contributed by atoms with van der Waals surface area (Å²) in [4.78, 5) is 11.6. The second-order valence-corrected chi connectivity index (χ2v) is 5.54. The lowest BCUT2D eigenvalue weighted by atomic mass is 10.0. The lowest BCUT2D eigenvalue weighted by Gasteiger charge is -2.10. The number of aliphatic hydroxyl groups excluding tert-OH is 1. The second kappa shape index (κ2) is 11.3. The van der Waals surface area contributed by atoms with Crippen LogP contribution in [-0.4, -0.2) is 17.2 Å². The van der Waals surface area contributed by atoms with Gasteiger partial charge in [-0.15, -0.1) is 0 Å². The van der Waals surface area contributed by atoms with Gasteiger partial charge in [-0.2, -0.15) is 0 Å². The van der Waals surface area contributed by atoms with Crippen molar-refractivity contribution in [1.82, 2.24) is 0 Å². The van der Waals surface area contributed by atoms with Gasteiger partial charge in [0.05, 0.1) is 6.10 Å². The molecule has 0 saturated heterocycles. The Hall–Kier alpha value is -1.35. The summed E-state index contributed by atoms with van der Waals surface area (Å²) in [5.74, 6) is 0.288. The molecule has 0 amide bonds. The molecule has 3 heteroatoms. The molecule has 1 unspecified atom stereocenters. The highest BCUT2D eigenvalue weighted by atomic mass is 16.5. The molecule has 1 aromatic carbocycles. The van der Waals surface area contributed by atoms with Gasteiger partial charge >= 0.3 is 5.97 Å². The second-order valence-electron chi connectivity index (χ2n) is 5.54. The summed E-state index contributed by atoms with van der Waals surface area (Å²) >= 11 is 0. The van der Waals surface area contributed by atoms with Crippen LogP contribution in [0.25, 0.3) is 0 Å². The normalized spacial score (nSPS) is 12.1. The van der Waals surface area contributed by atoms with Gasteiger partial charge in [-0.05, 0) is 25.0 Å². The lowest BCUT2D eigenvalue weighted by Crippen LogP contribution is -2.13. The van der Waals surface area contributed by atoms with Gasteiger partial charge in [-0.1, -0.05) is 63.6 Å². The molecule has 0 aliphatic carbocycles. The third-order valence-corrected chi connectivity index (χ3v) is 3.55. The summed E-state index contributed by atoms with van der Waals surface area (Å²) < 4.78 is 5.18. The third-order valence-electron chi connectivity index (χ3n) is 3.55. The van der Waals surface area contributed by atoms with Crippen LogP contribution in [0.2, 0.25) is 0 Å². The molecular weight excluding hydrogens is 264 g/mol. The van der Waals surface area contributed by atoms with Crippen molar-refractivity contribution in [3.8, 4) is 5.75 Å². The molecule has 0 aliphatic rings. The van der Waals surface area contributed by atoms with E-state index in [9.17, 15) is 9.90 Å². The first-order valence-electron chi connectivity index (χ1n) is 8.16. The maximum absolute atomic E-state index is 11.6. The van der Waals surface area contributed by atoms with Gasteiger partial charge in [0.1, 0.15) is 5.75 Å². The fourth-order valence-electron chi connectivity index (χ4n) is 2.26. The quantitative estimate of drug-likeness (QED) is 0.371. The Balaban J connectivity index is 2.04. The molecule has 0 bridgehead atoms. The molecule has 0 aromatic heterocycles. The van der Waals surface area contributed by atoms with Crippen LogP contribution >= 0.6 is 0 Å². The molecule has 0 heterocycles. The maximum atomic E-state index is 11.6. The fourth-order valence-corrected chi connectivity index (χ4v) is 2.26. The average Bonchev–Trinajstić information content (AvgIpc) is 2.50. The summed E-state index contributed by atoms with van der Waals surface area (Å²) in [6.45, 7) is 2.21. The first-order valence-corrected chi connectivity index (χ1v) is 8.16. The highest BCUT2D eigenvalue weighted by molar-refractivity contribution is 5.72. The molecule has 1 atom stereocenters. The Morgan fingerprint density at radius 1 is 1.05 bits per heavy atom. The minimum atomic E-state index is -0.389. The van der Waals surface area contributed by atoms with E-state index in [4.69, 9.17) is 4.74 Å². The smallest absolute Gasteiger partial charge is 0.311 e. The fraction of sp³-hybridized carbons (Fsp3) is 0.611. The topological polar surface area (TPSA) is 46.5 Å². The van der Waals surface area contributed by atoms with Gasteiger partial charge in [-0.25, -0.2) is 0 Å². The number of esters is 1. The van der Waals surface area contributed by atoms with E-state index < -0.39 is 0 Å². The number of unbranched alkanes of at least 4 members (excludes halogenated alkanes) is 5. The van der Waals surface area contributed by atoms with Crippen LogP contribution in [0, 0.1) is 0 Å². The van der Waals surface area contributed by atoms with Crippen LogP contribution in [0.15, 0.2) is 30.3 Å². The molecule has 21 heavy (non-hydrogen) atoms. The molecule has 1 N–H and O–H groups in total. The van der Waals surface area contributed by atoms with Crippen LogP contribution in [0.3, 0.4) is 0 Å². The van der Waals surface area contributed by atoms with Crippen molar-refractivity contribution < 1.29 is 14.6 Å². The SMILES string of the molecule is CCCCCCCCC(O)CCC(=O)Oc1ccccc1. The van der Waals surface area contributed by atoms with Crippen molar-refractivity contribution in [1.29, 1.82) is 0 Å². The Kier molecular flexibility index (Phi) is 9.55. The number of carbonyl (C=O) groups is 1. The van der Waals surface area contributed by atoms with E-state index in [1.54, 1.807) is 12.1 Å². The van der Waals surface area contributed by atoms with Gasteiger partial charge in [0, 0.05) is 6.42 Å². The number of aliphatic hydroxyl groups is 1. The molecule has 1 rings (SSSR count). The number of carbonyl (C=O) groups excluding carboxylic acids is 1. The highest BCUT2D eigenvalue weighted by Gasteiger charge is 2.09. The molecule has 0 aliphatic heterocycles. The van der Waals surface area contributed by atoms with Crippen LogP contribution in [0.5, 0.6) is 5.75 Å². The third kappa shape index (κ3) is 9.24. The first-order chi connectivity index (χ1) is 10.2. The van der Waals surface area contributed by atoms with E-state index in [0.717, 1.165) is 12.8 Å². The molecule has 0 radical (unpaired) electrons. The van der Waals surface area contributed by atoms with E-state index >= 15 is 0 Å². The zero-order valence-corrected chi connectivity index (χ0v) is 13.1. The van der Waals surface area contributed by atoms with E-state index in [-0.39, 0.29) is 18.5 Å². The lowest BCUT2D eigenvalue weighted by molar-refractivity contribution is -0.135. The zero-order valence-electron chi connectivity index (χ0n) is 13.1. The summed E-state index contributed by atoms with van der Waals surface area (Å²) in [6.07, 6.45) is 8.45. The maximum Gasteiger partial charge on any atom is 0.311 e. The molecule has 0 saturated carbocycles. The van der Waals surface area contributed by atoms with E-state index in [0.29, 0.717) is 12.2 Å². The molecular formula is C18H28O3. The number of para-hydroxylation sites is 1. The summed E-state index contributed by atoms with van der Waals surface area (Å²) in [5.41, 5.74) is 0. The monoisotopic (exact) mass is 292 g/mol. The van der Waals surface area contributed by atoms with Gasteiger partial charge in [0.15, 0.2) is 0 Å². The minimum Gasteiger partial charge on any atom is -0.427 e. The van der Waals surface area contributed by atoms with Crippen molar-refractivity contribution in [3.63, 3.8) is 0 Å². The van der Waals surface area contributed by atoms with Crippen molar-refractivity contribution in [2.45, 2.75) is 70.8 Å². The molecule has 1 aromatic rings. The predicted octanol–water partition coefficient (Wildman–Crippen LogP) is 4.48. The Bertz CT molecular complexity index is 375.